The SMILES string of the molecule is CC(C)(C)OC(=O)NC(C(=O)C1CC1)C1CCCO1. The van der Waals surface area contributed by atoms with E-state index in [4.69, 9.17) is 9.47 Å². The molecule has 1 heterocycles. The monoisotopic (exact) mass is 269 g/mol. The van der Waals surface area contributed by atoms with Crippen molar-refractivity contribution in [3.8, 4) is 0 Å². The number of Topliss-reactive ketones (excluding diaryl/α,β-unsaturated/α-hetero) is 1. The van der Waals surface area contributed by atoms with Crippen LogP contribution in [0.25, 0.3) is 0 Å². The fourth-order valence-electron chi connectivity index (χ4n) is 2.27. The lowest BCUT2D eigenvalue weighted by atomic mass is 10.0. The molecule has 0 bridgehead atoms. The molecule has 5 heteroatoms. The Morgan fingerprint density at radius 3 is 2.42 bits per heavy atom. The number of hydrogen-bond donors (Lipinski definition) is 1. The average molecular weight is 269 g/mol. The van der Waals surface area contributed by atoms with Crippen LogP contribution in [-0.4, -0.2) is 36.2 Å². The number of alkyl carbamates (subject to hydrolysis) is 1. The summed E-state index contributed by atoms with van der Waals surface area (Å²) in [7, 11) is 0. The second kappa shape index (κ2) is 5.49. The standard InChI is InChI=1S/C14H23NO4/c1-14(2,3)19-13(17)15-11(10-5-4-8-18-10)12(16)9-6-7-9/h9-11H,4-8H2,1-3H3,(H,15,17). The zero-order valence-electron chi connectivity index (χ0n) is 11.9. The van der Waals surface area contributed by atoms with E-state index in [0.717, 1.165) is 25.7 Å². The highest BCUT2D eigenvalue weighted by Gasteiger charge is 2.41. The van der Waals surface area contributed by atoms with Crippen LogP contribution in [0, 0.1) is 5.92 Å². The zero-order valence-corrected chi connectivity index (χ0v) is 11.9. The number of rotatable bonds is 4. The first-order valence-corrected chi connectivity index (χ1v) is 7.01. The van der Waals surface area contributed by atoms with Gasteiger partial charge in [0.15, 0.2) is 5.78 Å². The van der Waals surface area contributed by atoms with Gasteiger partial charge in [0.2, 0.25) is 0 Å². The van der Waals surface area contributed by atoms with Gasteiger partial charge < -0.3 is 14.8 Å². The highest BCUT2D eigenvalue weighted by Crippen LogP contribution is 2.33. The molecule has 2 aliphatic rings. The quantitative estimate of drug-likeness (QED) is 0.848. The Bertz CT molecular complexity index is 351. The van der Waals surface area contributed by atoms with E-state index in [1.54, 1.807) is 20.8 Å². The number of ether oxygens (including phenoxy) is 2. The number of carbonyl (C=O) groups is 2. The van der Waals surface area contributed by atoms with Crippen molar-refractivity contribution in [2.75, 3.05) is 6.61 Å². The number of hydrogen-bond acceptors (Lipinski definition) is 4. The fourth-order valence-corrected chi connectivity index (χ4v) is 2.27. The summed E-state index contributed by atoms with van der Waals surface area (Å²) < 4.78 is 10.8. The predicted octanol–water partition coefficient (Wildman–Crippen LogP) is 2.04. The minimum atomic E-state index is -0.562. The maximum absolute atomic E-state index is 12.2. The van der Waals surface area contributed by atoms with Crippen molar-refractivity contribution in [2.45, 2.75) is 64.2 Å². The van der Waals surface area contributed by atoms with E-state index in [1.807, 2.05) is 0 Å². The summed E-state index contributed by atoms with van der Waals surface area (Å²) in [4.78, 5) is 24.1. The second-order valence-corrected chi connectivity index (χ2v) is 6.35. The molecular formula is C14H23NO4. The Labute approximate surface area is 114 Å². The lowest BCUT2D eigenvalue weighted by Gasteiger charge is -2.26. The Hall–Kier alpha value is -1.10. The third kappa shape index (κ3) is 4.20. The van der Waals surface area contributed by atoms with Gasteiger partial charge in [-0.1, -0.05) is 0 Å². The lowest BCUT2D eigenvalue weighted by molar-refractivity contribution is -0.125. The Kier molecular flexibility index (Phi) is 4.13. The van der Waals surface area contributed by atoms with E-state index in [9.17, 15) is 9.59 Å². The lowest BCUT2D eigenvalue weighted by Crippen LogP contribution is -2.50. The van der Waals surface area contributed by atoms with Crippen molar-refractivity contribution in [3.05, 3.63) is 0 Å². The normalized spacial score (nSPS) is 24.9. The maximum Gasteiger partial charge on any atom is 0.408 e. The number of carbonyl (C=O) groups excluding carboxylic acids is 2. The number of ketones is 1. The van der Waals surface area contributed by atoms with Gasteiger partial charge in [0, 0.05) is 12.5 Å². The van der Waals surface area contributed by atoms with Crippen LogP contribution >= 0.6 is 0 Å². The molecule has 2 fully saturated rings. The summed E-state index contributed by atoms with van der Waals surface area (Å²) in [5.74, 6) is 0.196. The summed E-state index contributed by atoms with van der Waals surface area (Å²) in [5, 5.41) is 2.70. The smallest absolute Gasteiger partial charge is 0.408 e. The van der Waals surface area contributed by atoms with E-state index < -0.39 is 17.7 Å². The minimum Gasteiger partial charge on any atom is -0.444 e. The minimum absolute atomic E-state index is 0.0951. The molecule has 2 unspecified atom stereocenters. The molecule has 1 N–H and O–H groups in total. The first-order chi connectivity index (χ1) is 8.87. The third-order valence-electron chi connectivity index (χ3n) is 3.30. The van der Waals surface area contributed by atoms with Gasteiger partial charge >= 0.3 is 6.09 Å². The van der Waals surface area contributed by atoms with Gasteiger partial charge in [-0.15, -0.1) is 0 Å². The van der Waals surface area contributed by atoms with Crippen molar-refractivity contribution in [3.63, 3.8) is 0 Å². The zero-order chi connectivity index (χ0) is 14.0. The van der Waals surface area contributed by atoms with Gasteiger partial charge in [-0.25, -0.2) is 4.79 Å². The van der Waals surface area contributed by atoms with Gasteiger partial charge in [0.25, 0.3) is 0 Å². The molecule has 0 aromatic heterocycles. The molecule has 0 spiro atoms. The highest BCUT2D eigenvalue weighted by atomic mass is 16.6. The molecule has 2 atom stereocenters. The molecule has 1 amide bonds. The Balaban J connectivity index is 1.96. The molecular weight excluding hydrogens is 246 g/mol. The van der Waals surface area contributed by atoms with Crippen LogP contribution < -0.4 is 5.32 Å². The van der Waals surface area contributed by atoms with Crippen LogP contribution in [0.2, 0.25) is 0 Å². The van der Waals surface area contributed by atoms with E-state index in [0.29, 0.717) is 6.61 Å². The summed E-state index contributed by atoms with van der Waals surface area (Å²) >= 11 is 0. The predicted molar refractivity (Wildman–Crippen MR) is 69.9 cm³/mol. The van der Waals surface area contributed by atoms with Crippen LogP contribution in [-0.2, 0) is 14.3 Å². The Morgan fingerprint density at radius 1 is 1.26 bits per heavy atom. The Morgan fingerprint density at radius 2 is 1.95 bits per heavy atom. The molecule has 0 aromatic carbocycles. The molecule has 1 saturated heterocycles. The summed E-state index contributed by atoms with van der Waals surface area (Å²) in [6.45, 7) is 6.07. The third-order valence-corrected chi connectivity index (χ3v) is 3.30. The number of nitrogens with one attached hydrogen (secondary N) is 1. The molecule has 1 saturated carbocycles. The maximum atomic E-state index is 12.2. The largest absolute Gasteiger partial charge is 0.444 e. The molecule has 19 heavy (non-hydrogen) atoms. The number of amides is 1. The summed E-state index contributed by atoms with van der Waals surface area (Å²) in [6.07, 6.45) is 2.88. The first kappa shape index (κ1) is 14.3. The summed E-state index contributed by atoms with van der Waals surface area (Å²) in [6, 6.07) is -0.551. The fraction of sp³-hybridized carbons (Fsp3) is 0.857. The van der Waals surface area contributed by atoms with E-state index >= 15 is 0 Å². The van der Waals surface area contributed by atoms with Crippen molar-refractivity contribution < 1.29 is 19.1 Å². The molecule has 0 aromatic rings. The van der Waals surface area contributed by atoms with E-state index in [1.165, 1.54) is 0 Å². The molecule has 5 nitrogen and oxygen atoms in total. The molecule has 108 valence electrons. The van der Waals surface area contributed by atoms with Crippen LogP contribution in [0.15, 0.2) is 0 Å². The highest BCUT2D eigenvalue weighted by molar-refractivity contribution is 5.91. The van der Waals surface area contributed by atoms with Crippen LogP contribution in [0.1, 0.15) is 46.5 Å². The van der Waals surface area contributed by atoms with Gasteiger partial charge in [-0.3, -0.25) is 4.79 Å². The van der Waals surface area contributed by atoms with Crippen molar-refractivity contribution in [1.82, 2.24) is 5.32 Å². The van der Waals surface area contributed by atoms with Gasteiger partial charge in [-0.2, -0.15) is 0 Å². The van der Waals surface area contributed by atoms with Crippen molar-refractivity contribution in [2.24, 2.45) is 5.92 Å². The second-order valence-electron chi connectivity index (χ2n) is 6.35. The molecule has 2 rings (SSSR count). The topological polar surface area (TPSA) is 64.6 Å². The summed E-state index contributed by atoms with van der Waals surface area (Å²) in [5.41, 5.74) is -0.562. The molecule has 0 radical (unpaired) electrons. The molecule has 1 aliphatic heterocycles. The average Bonchev–Trinajstić information content (AvgIpc) is 2.99. The molecule has 1 aliphatic carbocycles. The van der Waals surface area contributed by atoms with Gasteiger partial charge in [0.1, 0.15) is 11.6 Å². The van der Waals surface area contributed by atoms with Gasteiger partial charge in [-0.05, 0) is 46.5 Å². The van der Waals surface area contributed by atoms with Crippen LogP contribution in [0.3, 0.4) is 0 Å². The van der Waals surface area contributed by atoms with E-state index in [2.05, 4.69) is 5.32 Å². The van der Waals surface area contributed by atoms with Gasteiger partial charge in [0.05, 0.1) is 6.10 Å². The first-order valence-electron chi connectivity index (χ1n) is 7.01. The van der Waals surface area contributed by atoms with Crippen molar-refractivity contribution in [1.29, 1.82) is 0 Å². The van der Waals surface area contributed by atoms with Crippen molar-refractivity contribution >= 4 is 11.9 Å². The van der Waals surface area contributed by atoms with Crippen LogP contribution in [0.5, 0.6) is 0 Å². The van der Waals surface area contributed by atoms with E-state index in [-0.39, 0.29) is 17.8 Å². The van der Waals surface area contributed by atoms with Crippen LogP contribution in [0.4, 0.5) is 4.79 Å².